The molecule has 2 aromatic heterocycles. The summed E-state index contributed by atoms with van der Waals surface area (Å²) < 4.78 is 27.9. The molecule has 0 saturated heterocycles. The third-order valence-corrected chi connectivity index (χ3v) is 4.19. The van der Waals surface area contributed by atoms with Crippen molar-refractivity contribution in [2.24, 2.45) is 0 Å². The second-order valence-electron chi connectivity index (χ2n) is 3.61. The Kier molecular flexibility index (Phi) is 3.86. The molecule has 18 heavy (non-hydrogen) atoms. The molecule has 2 N–H and O–H groups in total. The number of hydrogen-bond acceptors (Lipinski definition) is 4. The number of pyridine rings is 1. The molecule has 0 radical (unpaired) electrons. The Morgan fingerprint density at radius 3 is 2.94 bits per heavy atom. The summed E-state index contributed by atoms with van der Waals surface area (Å²) in [5.74, 6) is 0. The van der Waals surface area contributed by atoms with Gasteiger partial charge in [0, 0.05) is 19.3 Å². The van der Waals surface area contributed by atoms with Crippen LogP contribution >= 0.6 is 11.6 Å². The molecule has 0 saturated carbocycles. The van der Waals surface area contributed by atoms with Crippen LogP contribution in [0.4, 0.5) is 0 Å². The summed E-state index contributed by atoms with van der Waals surface area (Å²) in [6.45, 7) is 0.0681. The van der Waals surface area contributed by atoms with Crippen molar-refractivity contribution in [2.75, 3.05) is 13.2 Å². The number of sulfonamides is 1. The average molecular weight is 290 g/mol. The minimum atomic E-state index is -3.74. The van der Waals surface area contributed by atoms with E-state index in [-0.39, 0.29) is 23.3 Å². The molecule has 0 aromatic carbocycles. The van der Waals surface area contributed by atoms with Gasteiger partial charge in [0.1, 0.15) is 5.65 Å². The van der Waals surface area contributed by atoms with Crippen molar-refractivity contribution in [1.29, 1.82) is 0 Å². The lowest BCUT2D eigenvalue weighted by Crippen LogP contribution is -2.26. The average Bonchev–Trinajstić information content (AvgIpc) is 2.65. The standard InChI is InChI=1S/C10H12ClN3O3S/c11-9-10(18(16,17)12-5-3-7-15)14-6-2-1-4-8(14)13-9/h1-2,4,6,12,15H,3,5,7H2. The quantitative estimate of drug-likeness (QED) is 0.792. The highest BCUT2D eigenvalue weighted by Gasteiger charge is 2.23. The van der Waals surface area contributed by atoms with E-state index in [1.54, 1.807) is 24.4 Å². The number of nitrogens with one attached hydrogen (secondary N) is 1. The van der Waals surface area contributed by atoms with Crippen LogP contribution in [-0.2, 0) is 10.0 Å². The van der Waals surface area contributed by atoms with Gasteiger partial charge >= 0.3 is 0 Å². The molecule has 0 amide bonds. The number of halogens is 1. The Hall–Kier alpha value is -1.15. The summed E-state index contributed by atoms with van der Waals surface area (Å²) in [6.07, 6.45) is 1.92. The Balaban J connectivity index is 2.43. The molecular formula is C10H12ClN3O3S. The van der Waals surface area contributed by atoms with Gasteiger partial charge in [-0.25, -0.2) is 18.1 Å². The predicted molar refractivity (Wildman–Crippen MR) is 67.1 cm³/mol. The lowest BCUT2D eigenvalue weighted by molar-refractivity contribution is 0.289. The summed E-state index contributed by atoms with van der Waals surface area (Å²) in [6, 6.07) is 5.10. The van der Waals surface area contributed by atoms with E-state index in [9.17, 15) is 8.42 Å². The molecule has 0 atom stereocenters. The third-order valence-electron chi connectivity index (χ3n) is 2.33. The van der Waals surface area contributed by atoms with Gasteiger partial charge in [0.2, 0.25) is 0 Å². The highest BCUT2D eigenvalue weighted by Crippen LogP contribution is 2.22. The summed E-state index contributed by atoms with van der Waals surface area (Å²) in [5.41, 5.74) is 0.463. The van der Waals surface area contributed by atoms with Gasteiger partial charge in [0.25, 0.3) is 10.0 Å². The Bertz CT molecular complexity index is 653. The van der Waals surface area contributed by atoms with Gasteiger partial charge in [-0.1, -0.05) is 17.7 Å². The predicted octanol–water partition coefficient (Wildman–Crippen LogP) is 0.648. The number of aliphatic hydroxyl groups excluding tert-OH is 1. The van der Waals surface area contributed by atoms with Crippen LogP contribution in [0.2, 0.25) is 5.15 Å². The van der Waals surface area contributed by atoms with E-state index >= 15 is 0 Å². The Morgan fingerprint density at radius 1 is 1.44 bits per heavy atom. The largest absolute Gasteiger partial charge is 0.396 e. The van der Waals surface area contributed by atoms with Crippen molar-refractivity contribution in [3.63, 3.8) is 0 Å². The van der Waals surface area contributed by atoms with Crippen molar-refractivity contribution in [3.05, 3.63) is 29.5 Å². The van der Waals surface area contributed by atoms with E-state index in [1.807, 2.05) is 0 Å². The molecule has 0 aliphatic heterocycles. The second-order valence-corrected chi connectivity index (χ2v) is 5.65. The molecule has 0 aliphatic rings. The Morgan fingerprint density at radius 2 is 2.22 bits per heavy atom. The monoisotopic (exact) mass is 289 g/mol. The summed E-state index contributed by atoms with van der Waals surface area (Å²) in [7, 11) is -3.74. The molecule has 0 bridgehead atoms. The molecule has 0 fully saturated rings. The fraction of sp³-hybridized carbons (Fsp3) is 0.300. The zero-order chi connectivity index (χ0) is 13.2. The van der Waals surface area contributed by atoms with Crippen molar-refractivity contribution in [1.82, 2.24) is 14.1 Å². The van der Waals surface area contributed by atoms with Crippen LogP contribution in [0.15, 0.2) is 29.4 Å². The van der Waals surface area contributed by atoms with E-state index < -0.39 is 10.0 Å². The second kappa shape index (κ2) is 5.23. The van der Waals surface area contributed by atoms with E-state index in [0.29, 0.717) is 12.1 Å². The number of nitrogens with zero attached hydrogens (tertiary/aromatic N) is 2. The van der Waals surface area contributed by atoms with Gasteiger partial charge in [0.05, 0.1) is 0 Å². The van der Waals surface area contributed by atoms with Crippen molar-refractivity contribution in [3.8, 4) is 0 Å². The number of imidazole rings is 1. The number of aromatic nitrogens is 2. The molecule has 2 heterocycles. The van der Waals surface area contributed by atoms with E-state index in [0.717, 1.165) is 0 Å². The van der Waals surface area contributed by atoms with Gasteiger partial charge in [-0.15, -0.1) is 0 Å². The maximum absolute atomic E-state index is 12.1. The minimum Gasteiger partial charge on any atom is -0.396 e. The number of rotatable bonds is 5. The van der Waals surface area contributed by atoms with E-state index in [4.69, 9.17) is 16.7 Å². The first kappa shape index (κ1) is 13.3. The van der Waals surface area contributed by atoms with Gasteiger partial charge < -0.3 is 5.11 Å². The normalized spacial score (nSPS) is 12.1. The van der Waals surface area contributed by atoms with Crippen LogP contribution in [0.5, 0.6) is 0 Å². The molecule has 0 unspecified atom stereocenters. The van der Waals surface area contributed by atoms with Crippen LogP contribution in [0.3, 0.4) is 0 Å². The van der Waals surface area contributed by atoms with Gasteiger partial charge in [-0.05, 0) is 18.6 Å². The smallest absolute Gasteiger partial charge is 0.259 e. The van der Waals surface area contributed by atoms with E-state index in [2.05, 4.69) is 9.71 Å². The van der Waals surface area contributed by atoms with Crippen molar-refractivity contribution >= 4 is 27.3 Å². The molecule has 8 heteroatoms. The first-order valence-electron chi connectivity index (χ1n) is 5.29. The highest BCUT2D eigenvalue weighted by molar-refractivity contribution is 7.89. The molecule has 6 nitrogen and oxygen atoms in total. The lowest BCUT2D eigenvalue weighted by atomic mass is 10.5. The van der Waals surface area contributed by atoms with Gasteiger partial charge in [0.15, 0.2) is 10.2 Å². The number of aliphatic hydroxyl groups is 1. The van der Waals surface area contributed by atoms with Crippen LogP contribution < -0.4 is 4.72 Å². The number of fused-ring (bicyclic) bond motifs is 1. The van der Waals surface area contributed by atoms with Crippen LogP contribution in [0.1, 0.15) is 6.42 Å². The molecule has 2 rings (SSSR count). The summed E-state index contributed by atoms with van der Waals surface area (Å²) >= 11 is 5.86. The molecular weight excluding hydrogens is 278 g/mol. The van der Waals surface area contributed by atoms with Crippen LogP contribution in [0.25, 0.3) is 5.65 Å². The zero-order valence-corrected chi connectivity index (χ0v) is 10.9. The maximum Gasteiger partial charge on any atom is 0.259 e. The fourth-order valence-electron chi connectivity index (χ4n) is 1.54. The lowest BCUT2D eigenvalue weighted by Gasteiger charge is -2.05. The van der Waals surface area contributed by atoms with Gasteiger partial charge in [-0.3, -0.25) is 4.40 Å². The van der Waals surface area contributed by atoms with Crippen LogP contribution in [-0.4, -0.2) is 36.1 Å². The van der Waals surface area contributed by atoms with Crippen molar-refractivity contribution in [2.45, 2.75) is 11.4 Å². The number of hydrogen-bond donors (Lipinski definition) is 2. The maximum atomic E-state index is 12.1. The van der Waals surface area contributed by atoms with Gasteiger partial charge in [-0.2, -0.15) is 0 Å². The molecule has 0 spiro atoms. The first-order valence-corrected chi connectivity index (χ1v) is 7.15. The van der Waals surface area contributed by atoms with Crippen molar-refractivity contribution < 1.29 is 13.5 Å². The molecule has 0 aliphatic carbocycles. The SMILES string of the molecule is O=S(=O)(NCCCO)c1c(Cl)nc2ccccn12. The van der Waals surface area contributed by atoms with E-state index in [1.165, 1.54) is 4.40 Å². The molecule has 2 aromatic rings. The fourth-order valence-corrected chi connectivity index (χ4v) is 3.25. The summed E-state index contributed by atoms with van der Waals surface area (Å²) in [5, 5.41) is 8.48. The zero-order valence-electron chi connectivity index (χ0n) is 9.38. The summed E-state index contributed by atoms with van der Waals surface area (Å²) in [4.78, 5) is 3.97. The topological polar surface area (TPSA) is 83.7 Å². The molecule has 98 valence electrons. The van der Waals surface area contributed by atoms with Crippen LogP contribution in [0, 0.1) is 0 Å². The minimum absolute atomic E-state index is 0.0716. The third kappa shape index (κ3) is 2.49. The first-order chi connectivity index (χ1) is 8.56. The Labute approximate surface area is 109 Å². The highest BCUT2D eigenvalue weighted by atomic mass is 35.5.